The molecule has 0 radical (unpaired) electrons. The van der Waals surface area contributed by atoms with E-state index in [0.717, 1.165) is 18.7 Å². The first kappa shape index (κ1) is 16.7. The summed E-state index contributed by atoms with van der Waals surface area (Å²) in [6.45, 7) is 7.85. The van der Waals surface area contributed by atoms with E-state index in [1.807, 2.05) is 19.9 Å². The average Bonchev–Trinajstić information content (AvgIpc) is 2.55. The second-order valence-corrected chi connectivity index (χ2v) is 6.58. The molecule has 0 unspecified atom stereocenters. The number of aryl methyl sites for hydroxylation is 2. The monoisotopic (exact) mass is 326 g/mol. The van der Waals surface area contributed by atoms with Gasteiger partial charge in [0.1, 0.15) is 5.82 Å². The van der Waals surface area contributed by atoms with Crippen molar-refractivity contribution in [2.75, 3.05) is 18.0 Å². The summed E-state index contributed by atoms with van der Waals surface area (Å²) in [4.78, 5) is 16.5. The largest absolute Gasteiger partial charge is 0.307 e. The number of hydrogen-bond acceptors (Lipinski definition) is 2. The van der Waals surface area contributed by atoms with E-state index in [1.165, 1.54) is 17.2 Å². The predicted molar refractivity (Wildman–Crippen MR) is 94.5 cm³/mol. The lowest BCUT2D eigenvalue weighted by Gasteiger charge is -2.39. The minimum atomic E-state index is -0.340. The van der Waals surface area contributed by atoms with Crippen LogP contribution in [0.1, 0.15) is 23.6 Å². The van der Waals surface area contributed by atoms with Crippen LogP contribution in [0.4, 0.5) is 10.1 Å². The SMILES string of the molecule is Cc1cccc(CN2CCN(c3cc(C)ccc3F)C(=O)[C@@H]2C)c1. The molecule has 2 aromatic carbocycles. The van der Waals surface area contributed by atoms with Gasteiger partial charge in [-0.25, -0.2) is 4.39 Å². The van der Waals surface area contributed by atoms with Crippen LogP contribution in [0, 0.1) is 19.7 Å². The Morgan fingerprint density at radius 1 is 1.08 bits per heavy atom. The number of amides is 1. The van der Waals surface area contributed by atoms with Crippen molar-refractivity contribution in [2.24, 2.45) is 0 Å². The summed E-state index contributed by atoms with van der Waals surface area (Å²) in [5, 5.41) is 0. The van der Waals surface area contributed by atoms with Gasteiger partial charge in [0, 0.05) is 19.6 Å². The molecule has 0 saturated carbocycles. The normalized spacial score (nSPS) is 18.9. The number of benzene rings is 2. The Morgan fingerprint density at radius 2 is 1.83 bits per heavy atom. The number of halogens is 1. The molecular weight excluding hydrogens is 303 g/mol. The molecular formula is C20H23FN2O. The van der Waals surface area contributed by atoms with E-state index in [-0.39, 0.29) is 17.8 Å². The van der Waals surface area contributed by atoms with Gasteiger partial charge in [0.2, 0.25) is 5.91 Å². The fourth-order valence-corrected chi connectivity index (χ4v) is 3.24. The van der Waals surface area contributed by atoms with Crippen molar-refractivity contribution in [1.29, 1.82) is 0 Å². The molecule has 0 N–H and O–H groups in total. The van der Waals surface area contributed by atoms with Crippen LogP contribution in [0.2, 0.25) is 0 Å². The molecule has 1 aliphatic rings. The standard InChI is InChI=1S/C20H23FN2O/c1-14-5-4-6-17(11-14)13-22-9-10-23(20(24)16(22)3)19-12-15(2)7-8-18(19)21/h4-8,11-12,16H,9-10,13H2,1-3H3/t16-/m0/s1. The number of rotatable bonds is 3. The number of anilines is 1. The lowest BCUT2D eigenvalue weighted by Crippen LogP contribution is -2.55. The fraction of sp³-hybridized carbons (Fsp3) is 0.350. The van der Waals surface area contributed by atoms with E-state index in [0.29, 0.717) is 12.2 Å². The number of piperazine rings is 1. The van der Waals surface area contributed by atoms with Crippen molar-refractivity contribution in [2.45, 2.75) is 33.4 Å². The van der Waals surface area contributed by atoms with Gasteiger partial charge in [-0.1, -0.05) is 35.9 Å². The van der Waals surface area contributed by atoms with Gasteiger partial charge in [-0.3, -0.25) is 9.69 Å². The molecule has 0 aromatic heterocycles. The molecule has 3 nitrogen and oxygen atoms in total. The Morgan fingerprint density at radius 3 is 2.58 bits per heavy atom. The van der Waals surface area contributed by atoms with E-state index in [1.54, 1.807) is 17.0 Å². The minimum Gasteiger partial charge on any atom is -0.307 e. The Kier molecular flexibility index (Phi) is 4.67. The van der Waals surface area contributed by atoms with Crippen LogP contribution in [-0.4, -0.2) is 29.9 Å². The smallest absolute Gasteiger partial charge is 0.244 e. The maximum atomic E-state index is 14.1. The summed E-state index contributed by atoms with van der Waals surface area (Å²) in [6, 6.07) is 13.0. The molecule has 1 fully saturated rings. The van der Waals surface area contributed by atoms with Gasteiger partial charge in [0.05, 0.1) is 11.7 Å². The van der Waals surface area contributed by atoms with Gasteiger partial charge in [-0.05, 0) is 44.0 Å². The fourth-order valence-electron chi connectivity index (χ4n) is 3.24. The first-order valence-corrected chi connectivity index (χ1v) is 8.33. The Bertz CT molecular complexity index is 759. The lowest BCUT2D eigenvalue weighted by atomic mass is 10.1. The van der Waals surface area contributed by atoms with Crippen LogP contribution in [0.5, 0.6) is 0 Å². The van der Waals surface area contributed by atoms with Crippen molar-refractivity contribution < 1.29 is 9.18 Å². The third-order valence-corrected chi connectivity index (χ3v) is 4.64. The molecule has 2 aromatic rings. The molecule has 0 bridgehead atoms. The number of carbonyl (C=O) groups excluding carboxylic acids is 1. The summed E-state index contributed by atoms with van der Waals surface area (Å²) in [7, 11) is 0. The highest BCUT2D eigenvalue weighted by atomic mass is 19.1. The number of nitrogens with zero attached hydrogens (tertiary/aromatic N) is 2. The van der Waals surface area contributed by atoms with Gasteiger partial charge in [0.25, 0.3) is 0 Å². The highest BCUT2D eigenvalue weighted by molar-refractivity contribution is 5.97. The van der Waals surface area contributed by atoms with Gasteiger partial charge in [-0.15, -0.1) is 0 Å². The van der Waals surface area contributed by atoms with Crippen LogP contribution in [-0.2, 0) is 11.3 Å². The molecule has 24 heavy (non-hydrogen) atoms. The zero-order chi connectivity index (χ0) is 17.3. The lowest BCUT2D eigenvalue weighted by molar-refractivity contribution is -0.125. The molecule has 126 valence electrons. The van der Waals surface area contributed by atoms with Crippen molar-refractivity contribution in [3.05, 3.63) is 65.0 Å². The molecule has 0 aliphatic carbocycles. The van der Waals surface area contributed by atoms with E-state index in [4.69, 9.17) is 0 Å². The van der Waals surface area contributed by atoms with Gasteiger partial charge >= 0.3 is 0 Å². The maximum Gasteiger partial charge on any atom is 0.244 e. The number of hydrogen-bond donors (Lipinski definition) is 0. The summed E-state index contributed by atoms with van der Waals surface area (Å²) in [5.41, 5.74) is 3.76. The Hall–Kier alpha value is -2.20. The second-order valence-electron chi connectivity index (χ2n) is 6.58. The van der Waals surface area contributed by atoms with Crippen molar-refractivity contribution in [3.63, 3.8) is 0 Å². The Labute approximate surface area is 142 Å². The Balaban J connectivity index is 1.77. The molecule has 1 amide bonds. The van der Waals surface area contributed by atoms with E-state index < -0.39 is 0 Å². The molecule has 4 heteroatoms. The van der Waals surface area contributed by atoms with Crippen LogP contribution in [0.3, 0.4) is 0 Å². The van der Waals surface area contributed by atoms with Crippen molar-refractivity contribution in [3.8, 4) is 0 Å². The quantitative estimate of drug-likeness (QED) is 0.859. The molecule has 1 saturated heterocycles. The molecule has 1 heterocycles. The second kappa shape index (κ2) is 6.73. The van der Waals surface area contributed by atoms with Crippen molar-refractivity contribution in [1.82, 2.24) is 4.90 Å². The highest BCUT2D eigenvalue weighted by Gasteiger charge is 2.33. The predicted octanol–water partition coefficient (Wildman–Crippen LogP) is 3.68. The summed E-state index contributed by atoms with van der Waals surface area (Å²) in [6.07, 6.45) is 0. The topological polar surface area (TPSA) is 23.6 Å². The van der Waals surface area contributed by atoms with Crippen LogP contribution >= 0.6 is 0 Å². The average molecular weight is 326 g/mol. The summed E-state index contributed by atoms with van der Waals surface area (Å²) in [5.74, 6) is -0.383. The van der Waals surface area contributed by atoms with Gasteiger partial charge in [0.15, 0.2) is 0 Å². The van der Waals surface area contributed by atoms with E-state index >= 15 is 0 Å². The van der Waals surface area contributed by atoms with Gasteiger partial charge < -0.3 is 4.90 Å². The van der Waals surface area contributed by atoms with Crippen molar-refractivity contribution >= 4 is 11.6 Å². The van der Waals surface area contributed by atoms with Crippen LogP contribution in [0.25, 0.3) is 0 Å². The maximum absolute atomic E-state index is 14.1. The summed E-state index contributed by atoms with van der Waals surface area (Å²) < 4.78 is 14.1. The minimum absolute atomic E-state index is 0.0431. The third kappa shape index (κ3) is 3.34. The molecule has 1 aliphatic heterocycles. The zero-order valence-electron chi connectivity index (χ0n) is 14.4. The number of carbonyl (C=O) groups is 1. The third-order valence-electron chi connectivity index (χ3n) is 4.64. The van der Waals surface area contributed by atoms with E-state index in [9.17, 15) is 9.18 Å². The van der Waals surface area contributed by atoms with Gasteiger partial charge in [-0.2, -0.15) is 0 Å². The molecule has 1 atom stereocenters. The highest BCUT2D eigenvalue weighted by Crippen LogP contribution is 2.25. The molecule has 3 rings (SSSR count). The van der Waals surface area contributed by atoms with E-state index in [2.05, 4.69) is 30.0 Å². The van der Waals surface area contributed by atoms with Crippen LogP contribution in [0.15, 0.2) is 42.5 Å². The summed E-state index contributed by atoms with van der Waals surface area (Å²) >= 11 is 0. The first-order chi connectivity index (χ1) is 11.5. The zero-order valence-corrected chi connectivity index (χ0v) is 14.4. The van der Waals surface area contributed by atoms with Crippen LogP contribution < -0.4 is 4.90 Å². The first-order valence-electron chi connectivity index (χ1n) is 8.33. The molecule has 0 spiro atoms.